The number of hydrogen-bond donors (Lipinski definition) is 1. The van der Waals surface area contributed by atoms with Crippen LogP contribution < -0.4 is 10.1 Å². The molecule has 1 amide bonds. The maximum absolute atomic E-state index is 12.4. The fourth-order valence-electron chi connectivity index (χ4n) is 2.92. The second-order valence-corrected chi connectivity index (χ2v) is 7.69. The Bertz CT molecular complexity index is 954. The number of amides is 1. The Labute approximate surface area is 175 Å². The Hall–Kier alpha value is -2.80. The van der Waals surface area contributed by atoms with E-state index in [1.165, 1.54) is 11.8 Å². The van der Waals surface area contributed by atoms with Gasteiger partial charge in [0.1, 0.15) is 5.75 Å². The van der Waals surface area contributed by atoms with Crippen LogP contribution in [0.4, 0.5) is 5.69 Å². The van der Waals surface area contributed by atoms with E-state index in [-0.39, 0.29) is 11.7 Å². The topological polar surface area (TPSA) is 69.0 Å². The standard InChI is InChI=1S/C22H26N4O2S/c1-4-5-13-26-21(17-9-11-19(28-3)12-10-17)24-25-22(26)29-15-20(27)23-18-8-6-7-16(2)14-18/h6-12,14H,4-5,13,15H2,1-3H3,(H,23,27). The lowest BCUT2D eigenvalue weighted by Crippen LogP contribution is -2.14. The van der Waals surface area contributed by atoms with Gasteiger partial charge in [0.05, 0.1) is 12.9 Å². The molecule has 0 radical (unpaired) electrons. The molecular weight excluding hydrogens is 384 g/mol. The number of rotatable bonds is 9. The number of thioether (sulfide) groups is 1. The van der Waals surface area contributed by atoms with E-state index in [0.717, 1.165) is 52.9 Å². The molecule has 2 aromatic carbocycles. The van der Waals surface area contributed by atoms with Gasteiger partial charge in [-0.1, -0.05) is 37.2 Å². The van der Waals surface area contributed by atoms with Gasteiger partial charge < -0.3 is 14.6 Å². The third-order valence-corrected chi connectivity index (χ3v) is 5.40. The zero-order chi connectivity index (χ0) is 20.6. The van der Waals surface area contributed by atoms with Crippen LogP contribution in [-0.4, -0.2) is 33.5 Å². The summed E-state index contributed by atoms with van der Waals surface area (Å²) in [5, 5.41) is 12.4. The van der Waals surface area contributed by atoms with Crippen molar-refractivity contribution in [2.75, 3.05) is 18.2 Å². The predicted molar refractivity (Wildman–Crippen MR) is 117 cm³/mol. The van der Waals surface area contributed by atoms with Crippen LogP contribution in [0, 0.1) is 6.92 Å². The summed E-state index contributed by atoms with van der Waals surface area (Å²) in [5.74, 6) is 1.83. The van der Waals surface area contributed by atoms with Crippen LogP contribution in [0.2, 0.25) is 0 Å². The normalized spacial score (nSPS) is 10.7. The van der Waals surface area contributed by atoms with Crippen molar-refractivity contribution in [1.29, 1.82) is 0 Å². The third kappa shape index (κ3) is 5.60. The number of unbranched alkanes of at least 4 members (excludes halogenated alkanes) is 1. The molecule has 3 aromatic rings. The Morgan fingerprint density at radius 2 is 1.97 bits per heavy atom. The molecule has 1 N–H and O–H groups in total. The SMILES string of the molecule is CCCCn1c(SCC(=O)Nc2cccc(C)c2)nnc1-c1ccc(OC)cc1. The number of benzene rings is 2. The van der Waals surface area contributed by atoms with Crippen LogP contribution in [-0.2, 0) is 11.3 Å². The third-order valence-electron chi connectivity index (χ3n) is 4.43. The summed E-state index contributed by atoms with van der Waals surface area (Å²) in [6.45, 7) is 4.97. The van der Waals surface area contributed by atoms with Gasteiger partial charge in [-0.3, -0.25) is 4.79 Å². The summed E-state index contributed by atoms with van der Waals surface area (Å²) in [7, 11) is 1.65. The molecule has 0 aliphatic rings. The molecule has 0 aliphatic carbocycles. The number of ether oxygens (including phenoxy) is 1. The Morgan fingerprint density at radius 1 is 1.17 bits per heavy atom. The van der Waals surface area contributed by atoms with E-state index in [4.69, 9.17) is 4.74 Å². The van der Waals surface area contributed by atoms with Crippen molar-refractivity contribution in [2.24, 2.45) is 0 Å². The molecule has 3 rings (SSSR count). The first-order valence-corrected chi connectivity index (χ1v) is 10.7. The van der Waals surface area contributed by atoms with Crippen molar-refractivity contribution < 1.29 is 9.53 Å². The van der Waals surface area contributed by atoms with Crippen molar-refractivity contribution in [3.05, 3.63) is 54.1 Å². The van der Waals surface area contributed by atoms with Gasteiger partial charge in [0.15, 0.2) is 11.0 Å². The van der Waals surface area contributed by atoms with E-state index >= 15 is 0 Å². The summed E-state index contributed by atoms with van der Waals surface area (Å²) in [6, 6.07) is 15.6. The van der Waals surface area contributed by atoms with E-state index < -0.39 is 0 Å². The van der Waals surface area contributed by atoms with E-state index in [0.29, 0.717) is 0 Å². The first kappa shape index (κ1) is 20.9. The molecule has 6 nitrogen and oxygen atoms in total. The van der Waals surface area contributed by atoms with Crippen LogP contribution in [0.15, 0.2) is 53.7 Å². The summed E-state index contributed by atoms with van der Waals surface area (Å²) in [6.07, 6.45) is 2.09. The molecule has 0 unspecified atom stereocenters. The van der Waals surface area contributed by atoms with Gasteiger partial charge >= 0.3 is 0 Å². The molecule has 0 spiro atoms. The Morgan fingerprint density at radius 3 is 2.66 bits per heavy atom. The molecule has 0 fully saturated rings. The van der Waals surface area contributed by atoms with E-state index in [2.05, 4.69) is 27.0 Å². The van der Waals surface area contributed by atoms with Gasteiger partial charge in [0, 0.05) is 17.8 Å². The van der Waals surface area contributed by atoms with E-state index in [1.54, 1.807) is 7.11 Å². The average Bonchev–Trinajstić information content (AvgIpc) is 3.13. The van der Waals surface area contributed by atoms with Gasteiger partial charge in [-0.2, -0.15) is 0 Å². The highest BCUT2D eigenvalue weighted by molar-refractivity contribution is 7.99. The molecule has 0 atom stereocenters. The van der Waals surface area contributed by atoms with Crippen molar-refractivity contribution >= 4 is 23.4 Å². The smallest absolute Gasteiger partial charge is 0.234 e. The summed E-state index contributed by atoms with van der Waals surface area (Å²) in [5.41, 5.74) is 2.89. The number of aromatic nitrogens is 3. The van der Waals surface area contributed by atoms with Gasteiger partial charge in [-0.15, -0.1) is 10.2 Å². The molecule has 29 heavy (non-hydrogen) atoms. The monoisotopic (exact) mass is 410 g/mol. The molecule has 1 aromatic heterocycles. The first-order chi connectivity index (χ1) is 14.1. The highest BCUT2D eigenvalue weighted by Gasteiger charge is 2.15. The van der Waals surface area contributed by atoms with Crippen LogP contribution in [0.1, 0.15) is 25.3 Å². The molecule has 1 heterocycles. The van der Waals surface area contributed by atoms with Gasteiger partial charge in [0.2, 0.25) is 5.91 Å². The summed E-state index contributed by atoms with van der Waals surface area (Å²) >= 11 is 1.40. The second-order valence-electron chi connectivity index (χ2n) is 6.75. The highest BCUT2D eigenvalue weighted by atomic mass is 32.2. The Kier molecular flexibility index (Phi) is 7.30. The van der Waals surface area contributed by atoms with Crippen LogP contribution in [0.5, 0.6) is 5.75 Å². The first-order valence-electron chi connectivity index (χ1n) is 9.67. The largest absolute Gasteiger partial charge is 0.497 e. The molecule has 0 aliphatic heterocycles. The number of hydrogen-bond acceptors (Lipinski definition) is 5. The van der Waals surface area contributed by atoms with Crippen LogP contribution >= 0.6 is 11.8 Å². The van der Waals surface area contributed by atoms with E-state index in [1.807, 2.05) is 55.5 Å². The zero-order valence-electron chi connectivity index (χ0n) is 17.0. The fourth-order valence-corrected chi connectivity index (χ4v) is 3.68. The number of nitrogens with one attached hydrogen (secondary N) is 1. The summed E-state index contributed by atoms with van der Waals surface area (Å²) < 4.78 is 7.33. The number of carbonyl (C=O) groups is 1. The van der Waals surface area contributed by atoms with E-state index in [9.17, 15) is 4.79 Å². The zero-order valence-corrected chi connectivity index (χ0v) is 17.8. The average molecular weight is 411 g/mol. The number of methoxy groups -OCH3 is 1. The minimum absolute atomic E-state index is 0.0587. The molecule has 152 valence electrons. The quantitative estimate of drug-likeness (QED) is 0.514. The lowest BCUT2D eigenvalue weighted by Gasteiger charge is -2.10. The number of nitrogens with zero attached hydrogens (tertiary/aromatic N) is 3. The predicted octanol–water partition coefficient (Wildman–Crippen LogP) is 4.79. The lowest BCUT2D eigenvalue weighted by molar-refractivity contribution is -0.113. The molecule has 0 saturated carbocycles. The van der Waals surface area contributed by atoms with Gasteiger partial charge in [0.25, 0.3) is 0 Å². The van der Waals surface area contributed by atoms with Crippen molar-refractivity contribution in [1.82, 2.24) is 14.8 Å². The second kappa shape index (κ2) is 10.1. The molecular formula is C22H26N4O2S. The van der Waals surface area contributed by atoms with Crippen LogP contribution in [0.3, 0.4) is 0 Å². The highest BCUT2D eigenvalue weighted by Crippen LogP contribution is 2.26. The minimum Gasteiger partial charge on any atom is -0.497 e. The fraction of sp³-hybridized carbons (Fsp3) is 0.318. The van der Waals surface area contributed by atoms with Crippen molar-refractivity contribution in [3.8, 4) is 17.1 Å². The maximum atomic E-state index is 12.4. The molecule has 0 bridgehead atoms. The maximum Gasteiger partial charge on any atom is 0.234 e. The molecule has 0 saturated heterocycles. The number of carbonyl (C=O) groups excluding carboxylic acids is 1. The van der Waals surface area contributed by atoms with Gasteiger partial charge in [-0.25, -0.2) is 0 Å². The number of anilines is 1. The molecule has 7 heteroatoms. The number of aryl methyl sites for hydroxylation is 1. The summed E-state index contributed by atoms with van der Waals surface area (Å²) in [4.78, 5) is 12.4. The Balaban J connectivity index is 1.72. The van der Waals surface area contributed by atoms with Crippen molar-refractivity contribution in [3.63, 3.8) is 0 Å². The lowest BCUT2D eigenvalue weighted by atomic mass is 10.2. The van der Waals surface area contributed by atoms with Crippen LogP contribution in [0.25, 0.3) is 11.4 Å². The van der Waals surface area contributed by atoms with Crippen molar-refractivity contribution in [2.45, 2.75) is 38.4 Å². The minimum atomic E-state index is -0.0587. The van der Waals surface area contributed by atoms with Gasteiger partial charge in [-0.05, 0) is 55.3 Å².